The molecule has 0 aromatic rings. The van der Waals surface area contributed by atoms with Crippen molar-refractivity contribution in [1.82, 2.24) is 4.90 Å². The van der Waals surface area contributed by atoms with Crippen molar-refractivity contribution in [2.45, 2.75) is 44.6 Å². The van der Waals surface area contributed by atoms with Crippen molar-refractivity contribution in [2.24, 2.45) is 0 Å². The zero-order chi connectivity index (χ0) is 13.1. The lowest BCUT2D eigenvalue weighted by molar-refractivity contribution is -0.143. The largest absolute Gasteiger partial charge is 0.389 e. The molecule has 1 fully saturated rings. The van der Waals surface area contributed by atoms with Gasteiger partial charge in [-0.3, -0.25) is 4.90 Å². The van der Waals surface area contributed by atoms with E-state index in [1.54, 1.807) is 0 Å². The SMILES string of the molecule is CC1(C)CN(CCCC(F)(F)F)CC(CBr)O1. The molecule has 1 unspecified atom stereocenters. The Labute approximate surface area is 109 Å². The Balaban J connectivity index is 2.37. The Bertz CT molecular complexity index is 245. The summed E-state index contributed by atoms with van der Waals surface area (Å²) >= 11 is 3.36. The van der Waals surface area contributed by atoms with Crippen LogP contribution in [0.3, 0.4) is 0 Å². The molecule has 1 aliphatic heterocycles. The van der Waals surface area contributed by atoms with Crippen LogP contribution in [0.4, 0.5) is 13.2 Å². The highest BCUT2D eigenvalue weighted by Crippen LogP contribution is 2.24. The Morgan fingerprint density at radius 3 is 2.59 bits per heavy atom. The molecule has 0 bridgehead atoms. The summed E-state index contributed by atoms with van der Waals surface area (Å²) in [5.41, 5.74) is -0.283. The van der Waals surface area contributed by atoms with Gasteiger partial charge in [0.25, 0.3) is 0 Å². The van der Waals surface area contributed by atoms with E-state index in [9.17, 15) is 13.2 Å². The molecule has 1 heterocycles. The number of halogens is 4. The van der Waals surface area contributed by atoms with Crippen LogP contribution in [-0.4, -0.2) is 47.7 Å². The molecule has 102 valence electrons. The summed E-state index contributed by atoms with van der Waals surface area (Å²) in [5, 5.41) is 0.714. The molecule has 0 amide bonds. The molecule has 17 heavy (non-hydrogen) atoms. The van der Waals surface area contributed by atoms with Crippen LogP contribution in [0.5, 0.6) is 0 Å². The molecule has 1 saturated heterocycles. The van der Waals surface area contributed by atoms with E-state index in [1.807, 2.05) is 13.8 Å². The molecule has 2 nitrogen and oxygen atoms in total. The molecule has 1 rings (SSSR count). The van der Waals surface area contributed by atoms with E-state index in [-0.39, 0.29) is 18.1 Å². The molecule has 0 spiro atoms. The van der Waals surface area contributed by atoms with Crippen molar-refractivity contribution in [1.29, 1.82) is 0 Å². The standard InChI is InChI=1S/C11H19BrF3NO/c1-10(2)8-16(7-9(6-12)17-10)5-3-4-11(13,14)15/h9H,3-8H2,1-2H3. The molecule has 0 aliphatic carbocycles. The van der Waals surface area contributed by atoms with E-state index in [4.69, 9.17) is 4.74 Å². The minimum atomic E-state index is -4.05. The molecule has 0 saturated carbocycles. The molecular formula is C11H19BrF3NO. The maximum absolute atomic E-state index is 12.1. The van der Waals surface area contributed by atoms with Crippen LogP contribution in [0.1, 0.15) is 26.7 Å². The van der Waals surface area contributed by atoms with E-state index in [0.717, 1.165) is 0 Å². The van der Waals surface area contributed by atoms with Gasteiger partial charge in [0.2, 0.25) is 0 Å². The highest BCUT2D eigenvalue weighted by Gasteiger charge is 2.33. The fourth-order valence-electron chi connectivity index (χ4n) is 2.17. The Kier molecular flexibility index (Phi) is 5.28. The van der Waals surface area contributed by atoms with Crippen LogP contribution >= 0.6 is 15.9 Å². The van der Waals surface area contributed by atoms with Crippen molar-refractivity contribution in [2.75, 3.05) is 25.0 Å². The maximum Gasteiger partial charge on any atom is 0.389 e. The molecule has 6 heteroatoms. The van der Waals surface area contributed by atoms with Crippen LogP contribution in [0.2, 0.25) is 0 Å². The van der Waals surface area contributed by atoms with Crippen LogP contribution in [0.15, 0.2) is 0 Å². The molecule has 0 aromatic carbocycles. The number of alkyl halides is 4. The summed E-state index contributed by atoms with van der Waals surface area (Å²) in [6, 6.07) is 0. The van der Waals surface area contributed by atoms with Crippen LogP contribution in [0, 0.1) is 0 Å². The van der Waals surface area contributed by atoms with E-state index in [1.165, 1.54) is 0 Å². The molecule has 0 N–H and O–H groups in total. The van der Waals surface area contributed by atoms with Crippen LogP contribution in [0.25, 0.3) is 0 Å². The van der Waals surface area contributed by atoms with Gasteiger partial charge in [0.15, 0.2) is 0 Å². The molecular weight excluding hydrogens is 299 g/mol. The predicted molar refractivity (Wildman–Crippen MR) is 64.5 cm³/mol. The minimum absolute atomic E-state index is 0.0598. The summed E-state index contributed by atoms with van der Waals surface area (Å²) in [4.78, 5) is 2.06. The maximum atomic E-state index is 12.1. The second kappa shape index (κ2) is 5.89. The quantitative estimate of drug-likeness (QED) is 0.738. The fraction of sp³-hybridized carbons (Fsp3) is 1.00. The summed E-state index contributed by atoms with van der Waals surface area (Å²) in [6.45, 7) is 5.81. The van der Waals surface area contributed by atoms with Gasteiger partial charge in [0, 0.05) is 24.8 Å². The molecule has 0 aromatic heterocycles. The van der Waals surface area contributed by atoms with Gasteiger partial charge in [-0.2, -0.15) is 13.2 Å². The monoisotopic (exact) mass is 317 g/mol. The summed E-state index contributed by atoms with van der Waals surface area (Å²) in [6.07, 6.45) is -4.53. The van der Waals surface area contributed by atoms with Crippen molar-refractivity contribution < 1.29 is 17.9 Å². The lowest BCUT2D eigenvalue weighted by Gasteiger charge is -2.42. The fourth-order valence-corrected chi connectivity index (χ4v) is 2.51. The number of nitrogens with zero attached hydrogens (tertiary/aromatic N) is 1. The van der Waals surface area contributed by atoms with E-state index >= 15 is 0 Å². The lowest BCUT2D eigenvalue weighted by Crippen LogP contribution is -2.53. The van der Waals surface area contributed by atoms with Gasteiger partial charge in [-0.05, 0) is 26.8 Å². The normalized spacial score (nSPS) is 26.1. The van der Waals surface area contributed by atoms with Gasteiger partial charge in [-0.15, -0.1) is 0 Å². The molecule has 1 atom stereocenters. The third-order valence-electron chi connectivity index (χ3n) is 2.66. The third-order valence-corrected chi connectivity index (χ3v) is 3.38. The zero-order valence-electron chi connectivity index (χ0n) is 10.2. The van der Waals surface area contributed by atoms with Crippen molar-refractivity contribution >= 4 is 15.9 Å². The van der Waals surface area contributed by atoms with E-state index in [0.29, 0.717) is 25.0 Å². The average Bonchev–Trinajstić information content (AvgIpc) is 2.13. The minimum Gasteiger partial charge on any atom is -0.369 e. The van der Waals surface area contributed by atoms with Crippen molar-refractivity contribution in [3.63, 3.8) is 0 Å². The van der Waals surface area contributed by atoms with E-state index < -0.39 is 12.6 Å². The number of ether oxygens (including phenoxy) is 1. The van der Waals surface area contributed by atoms with Gasteiger partial charge >= 0.3 is 6.18 Å². The second-order valence-electron chi connectivity index (χ2n) is 5.11. The third kappa shape index (κ3) is 6.06. The van der Waals surface area contributed by atoms with Crippen LogP contribution in [-0.2, 0) is 4.74 Å². The predicted octanol–water partition coefficient (Wildman–Crippen LogP) is 3.20. The molecule has 0 radical (unpaired) electrons. The number of rotatable bonds is 4. The van der Waals surface area contributed by atoms with Gasteiger partial charge in [0.05, 0.1) is 11.7 Å². The number of morpholine rings is 1. The Morgan fingerprint density at radius 1 is 1.41 bits per heavy atom. The highest BCUT2D eigenvalue weighted by atomic mass is 79.9. The zero-order valence-corrected chi connectivity index (χ0v) is 11.8. The summed E-state index contributed by atoms with van der Waals surface area (Å²) in [5.74, 6) is 0. The van der Waals surface area contributed by atoms with Gasteiger partial charge in [-0.1, -0.05) is 15.9 Å². The molecule has 1 aliphatic rings. The first-order valence-electron chi connectivity index (χ1n) is 5.75. The van der Waals surface area contributed by atoms with Crippen LogP contribution < -0.4 is 0 Å². The van der Waals surface area contributed by atoms with Crippen molar-refractivity contribution in [3.05, 3.63) is 0 Å². The first-order valence-corrected chi connectivity index (χ1v) is 6.87. The topological polar surface area (TPSA) is 12.5 Å². The summed E-state index contributed by atoms with van der Waals surface area (Å²) in [7, 11) is 0. The Morgan fingerprint density at radius 2 is 2.06 bits per heavy atom. The lowest BCUT2D eigenvalue weighted by atomic mass is 10.1. The van der Waals surface area contributed by atoms with E-state index in [2.05, 4.69) is 20.8 Å². The van der Waals surface area contributed by atoms with Gasteiger partial charge < -0.3 is 4.74 Å². The Hall–Kier alpha value is 0.190. The number of hydrogen-bond donors (Lipinski definition) is 0. The second-order valence-corrected chi connectivity index (χ2v) is 5.76. The number of hydrogen-bond acceptors (Lipinski definition) is 2. The first kappa shape index (κ1) is 15.2. The summed E-state index contributed by atoms with van der Waals surface area (Å²) < 4.78 is 42.0. The van der Waals surface area contributed by atoms with Crippen molar-refractivity contribution in [3.8, 4) is 0 Å². The smallest absolute Gasteiger partial charge is 0.369 e. The first-order chi connectivity index (χ1) is 7.72. The van der Waals surface area contributed by atoms with Gasteiger partial charge in [0.1, 0.15) is 0 Å². The highest BCUT2D eigenvalue weighted by molar-refractivity contribution is 9.09. The van der Waals surface area contributed by atoms with Gasteiger partial charge in [-0.25, -0.2) is 0 Å². The average molecular weight is 318 g/mol.